The van der Waals surface area contributed by atoms with E-state index in [9.17, 15) is 4.79 Å². The zero-order chi connectivity index (χ0) is 6.57. The van der Waals surface area contributed by atoms with Gasteiger partial charge in [-0.15, -0.1) is 5.73 Å². The van der Waals surface area contributed by atoms with Crippen LogP contribution in [0, 0.1) is 0 Å². The maximum absolute atomic E-state index is 10.5. The van der Waals surface area contributed by atoms with E-state index in [1.807, 2.05) is 6.92 Å². The van der Waals surface area contributed by atoms with Gasteiger partial charge in [0.1, 0.15) is 0 Å². The second kappa shape index (κ2) is 3.23. The molecule has 0 aromatic heterocycles. The fourth-order valence-electron chi connectivity index (χ4n) is 0.498. The minimum atomic E-state index is 0.0718. The molecule has 44 valence electrons. The number of hydrogen-bond acceptors (Lipinski definition) is 1. The first-order valence-corrected chi connectivity index (χ1v) is 2.62. The average molecular weight is 110 g/mol. The summed E-state index contributed by atoms with van der Waals surface area (Å²) < 4.78 is 0. The number of hydrogen-bond donors (Lipinski definition) is 0. The van der Waals surface area contributed by atoms with Crippen molar-refractivity contribution in [3.8, 4) is 0 Å². The summed E-state index contributed by atoms with van der Waals surface area (Å²) in [6, 6.07) is 0. The predicted molar refractivity (Wildman–Crippen MR) is 33.6 cm³/mol. The van der Waals surface area contributed by atoms with E-state index in [1.165, 1.54) is 6.92 Å². The molecule has 0 aromatic rings. The third-order valence-corrected chi connectivity index (χ3v) is 0.992. The molecule has 8 heavy (non-hydrogen) atoms. The van der Waals surface area contributed by atoms with Crippen molar-refractivity contribution < 1.29 is 4.79 Å². The van der Waals surface area contributed by atoms with Gasteiger partial charge in [-0.05, 0) is 13.3 Å². The number of allylic oxidation sites excluding steroid dienone is 1. The third-order valence-electron chi connectivity index (χ3n) is 0.992. The maximum Gasteiger partial charge on any atom is 0.163 e. The molecule has 1 heteroatoms. The Labute approximate surface area is 49.7 Å². The number of Topliss-reactive ketones (excluding diaryl/α,β-unsaturated/α-hetero) is 1. The molecule has 0 rings (SSSR count). The van der Waals surface area contributed by atoms with Crippen LogP contribution in [0.3, 0.4) is 0 Å². The molecule has 0 saturated carbocycles. The molecule has 0 fully saturated rings. The summed E-state index contributed by atoms with van der Waals surface area (Å²) in [7, 11) is 0. The largest absolute Gasteiger partial charge is 0.294 e. The predicted octanol–water partition coefficient (Wildman–Crippen LogP) is 1.70. The first-order valence-electron chi connectivity index (χ1n) is 2.62. The summed E-state index contributed by atoms with van der Waals surface area (Å²) in [5.74, 6) is 0.0718. The van der Waals surface area contributed by atoms with Gasteiger partial charge in [0, 0.05) is 5.57 Å². The molecular formula is C7H10O. The lowest BCUT2D eigenvalue weighted by molar-refractivity contribution is -0.113. The summed E-state index contributed by atoms with van der Waals surface area (Å²) in [6.07, 6.45) is 0.735. The minimum absolute atomic E-state index is 0.0718. The Morgan fingerprint density at radius 3 is 2.25 bits per heavy atom. The SMILES string of the molecule is C=C=C(CC)C(C)=O. The van der Waals surface area contributed by atoms with Gasteiger partial charge in [0.05, 0.1) is 0 Å². The number of ketones is 1. The van der Waals surface area contributed by atoms with Crippen molar-refractivity contribution in [2.45, 2.75) is 20.3 Å². The van der Waals surface area contributed by atoms with Crippen molar-refractivity contribution in [2.75, 3.05) is 0 Å². The fraction of sp³-hybridized carbons (Fsp3) is 0.429. The van der Waals surface area contributed by atoms with Gasteiger partial charge in [-0.1, -0.05) is 13.5 Å². The highest BCUT2D eigenvalue weighted by atomic mass is 16.1. The van der Waals surface area contributed by atoms with E-state index in [1.54, 1.807) is 0 Å². The van der Waals surface area contributed by atoms with E-state index in [4.69, 9.17) is 0 Å². The molecule has 0 atom stereocenters. The van der Waals surface area contributed by atoms with Crippen molar-refractivity contribution in [1.29, 1.82) is 0 Å². The zero-order valence-corrected chi connectivity index (χ0v) is 5.32. The quantitative estimate of drug-likeness (QED) is 0.390. The number of carbonyl (C=O) groups is 1. The first-order chi connectivity index (χ1) is 3.72. The molecule has 1 nitrogen and oxygen atoms in total. The van der Waals surface area contributed by atoms with Gasteiger partial charge < -0.3 is 0 Å². The van der Waals surface area contributed by atoms with E-state index >= 15 is 0 Å². The highest BCUT2D eigenvalue weighted by molar-refractivity contribution is 5.92. The molecule has 0 radical (unpaired) electrons. The maximum atomic E-state index is 10.5. The van der Waals surface area contributed by atoms with Crippen LogP contribution in [0.15, 0.2) is 17.9 Å². The van der Waals surface area contributed by atoms with E-state index in [2.05, 4.69) is 12.3 Å². The van der Waals surface area contributed by atoms with Crippen LogP contribution in [0.4, 0.5) is 0 Å². The minimum Gasteiger partial charge on any atom is -0.294 e. The summed E-state index contributed by atoms with van der Waals surface area (Å²) in [5.41, 5.74) is 3.25. The summed E-state index contributed by atoms with van der Waals surface area (Å²) in [4.78, 5) is 10.5. The van der Waals surface area contributed by atoms with Crippen LogP contribution in [-0.2, 0) is 4.79 Å². The van der Waals surface area contributed by atoms with Gasteiger partial charge in [-0.2, -0.15) is 0 Å². The van der Waals surface area contributed by atoms with Gasteiger partial charge in [0.2, 0.25) is 0 Å². The van der Waals surface area contributed by atoms with Crippen molar-refractivity contribution in [3.05, 3.63) is 17.9 Å². The Hall–Kier alpha value is -0.810. The molecule has 0 heterocycles. The Morgan fingerprint density at radius 1 is 1.75 bits per heavy atom. The molecule has 0 amide bonds. The van der Waals surface area contributed by atoms with Gasteiger partial charge in [0.25, 0.3) is 0 Å². The Kier molecular flexibility index (Phi) is 2.90. The van der Waals surface area contributed by atoms with E-state index in [0.717, 1.165) is 6.42 Å². The normalized spacial score (nSPS) is 7.75. The lowest BCUT2D eigenvalue weighted by Crippen LogP contribution is -1.91. The molecule has 0 aliphatic carbocycles. The Morgan fingerprint density at radius 2 is 2.25 bits per heavy atom. The van der Waals surface area contributed by atoms with Gasteiger partial charge in [0.15, 0.2) is 5.78 Å². The van der Waals surface area contributed by atoms with Crippen LogP contribution in [0.5, 0.6) is 0 Å². The summed E-state index contributed by atoms with van der Waals surface area (Å²) in [5, 5.41) is 0. The van der Waals surface area contributed by atoms with Crippen LogP contribution in [0.1, 0.15) is 20.3 Å². The lowest BCUT2D eigenvalue weighted by atomic mass is 10.1. The Balaban J connectivity index is 4.14. The molecule has 0 unspecified atom stereocenters. The van der Waals surface area contributed by atoms with Crippen molar-refractivity contribution in [2.24, 2.45) is 0 Å². The smallest absolute Gasteiger partial charge is 0.163 e. The van der Waals surface area contributed by atoms with Crippen molar-refractivity contribution in [1.82, 2.24) is 0 Å². The highest BCUT2D eigenvalue weighted by Gasteiger charge is 1.95. The monoisotopic (exact) mass is 110 g/mol. The summed E-state index contributed by atoms with van der Waals surface area (Å²) >= 11 is 0. The van der Waals surface area contributed by atoms with Crippen LogP contribution < -0.4 is 0 Å². The molecule has 0 aliphatic rings. The Bertz CT molecular complexity index is 138. The molecule has 0 aliphatic heterocycles. The average Bonchev–Trinajstić information content (AvgIpc) is 1.69. The lowest BCUT2D eigenvalue weighted by Gasteiger charge is -1.89. The van der Waals surface area contributed by atoms with Crippen LogP contribution in [0.25, 0.3) is 0 Å². The fourth-order valence-corrected chi connectivity index (χ4v) is 0.498. The molecule has 0 saturated heterocycles. The van der Waals surface area contributed by atoms with Crippen LogP contribution in [-0.4, -0.2) is 5.78 Å². The van der Waals surface area contributed by atoms with E-state index in [-0.39, 0.29) is 5.78 Å². The summed E-state index contributed by atoms with van der Waals surface area (Å²) in [6.45, 7) is 6.81. The van der Waals surface area contributed by atoms with Crippen molar-refractivity contribution in [3.63, 3.8) is 0 Å². The third kappa shape index (κ3) is 1.76. The van der Waals surface area contributed by atoms with Gasteiger partial charge in [-0.25, -0.2) is 0 Å². The van der Waals surface area contributed by atoms with Crippen LogP contribution in [0.2, 0.25) is 0 Å². The first kappa shape index (κ1) is 7.19. The highest BCUT2D eigenvalue weighted by Crippen LogP contribution is 1.96. The number of rotatable bonds is 2. The molecule has 0 spiro atoms. The number of carbonyl (C=O) groups excluding carboxylic acids is 1. The van der Waals surface area contributed by atoms with Gasteiger partial charge in [-0.3, -0.25) is 4.79 Å². The molecule has 0 aromatic carbocycles. The molecule has 0 N–H and O–H groups in total. The van der Waals surface area contributed by atoms with Crippen molar-refractivity contribution >= 4 is 5.78 Å². The van der Waals surface area contributed by atoms with Crippen LogP contribution >= 0.6 is 0 Å². The van der Waals surface area contributed by atoms with Gasteiger partial charge >= 0.3 is 0 Å². The second-order valence-corrected chi connectivity index (χ2v) is 1.57. The van der Waals surface area contributed by atoms with E-state index < -0.39 is 0 Å². The standard InChI is InChI=1S/C7H10O/c1-4-7(5-2)6(3)8/h1,5H2,2-3H3. The second-order valence-electron chi connectivity index (χ2n) is 1.57. The van der Waals surface area contributed by atoms with E-state index in [0.29, 0.717) is 5.57 Å². The topological polar surface area (TPSA) is 17.1 Å². The zero-order valence-electron chi connectivity index (χ0n) is 5.32. The molecule has 0 bridgehead atoms. The molecular weight excluding hydrogens is 100 g/mol.